The van der Waals surface area contributed by atoms with Crippen LogP contribution in [0.25, 0.3) is 0 Å². The zero-order chi connectivity index (χ0) is 13.6. The lowest BCUT2D eigenvalue weighted by molar-refractivity contribution is 0.0412. The predicted octanol–water partition coefficient (Wildman–Crippen LogP) is 2.86. The predicted molar refractivity (Wildman–Crippen MR) is 76.5 cm³/mol. The maximum absolute atomic E-state index is 12.6. The van der Waals surface area contributed by atoms with Crippen LogP contribution >= 0.6 is 0 Å². The lowest BCUT2D eigenvalue weighted by Crippen LogP contribution is -2.47. The molecule has 1 aromatic carbocycles. The fourth-order valence-corrected chi connectivity index (χ4v) is 4.11. The number of rotatable bonds is 1. The Morgan fingerprint density at radius 3 is 2.85 bits per heavy atom. The molecule has 2 saturated heterocycles. The normalized spacial score (nSPS) is 35.7. The summed E-state index contributed by atoms with van der Waals surface area (Å²) in [4.78, 5) is 14.7. The largest absolute Gasteiger partial charge is 0.370 e. The van der Waals surface area contributed by atoms with E-state index >= 15 is 0 Å². The Hall–Kier alpha value is -1.35. The van der Waals surface area contributed by atoms with Crippen molar-refractivity contribution in [2.24, 2.45) is 5.41 Å². The third-order valence-corrected chi connectivity index (χ3v) is 5.25. The van der Waals surface area contributed by atoms with E-state index in [0.717, 1.165) is 31.5 Å². The quantitative estimate of drug-likeness (QED) is 0.736. The van der Waals surface area contributed by atoms with Gasteiger partial charge in [0.25, 0.3) is 5.91 Å². The lowest BCUT2D eigenvalue weighted by atomic mass is 9.69. The molecule has 3 fully saturated rings. The summed E-state index contributed by atoms with van der Waals surface area (Å²) in [7, 11) is 0. The van der Waals surface area contributed by atoms with Gasteiger partial charge in [0.05, 0.1) is 12.2 Å². The summed E-state index contributed by atoms with van der Waals surface area (Å²) in [5.41, 5.74) is 1.15. The maximum atomic E-state index is 12.6. The van der Waals surface area contributed by atoms with Gasteiger partial charge in [-0.2, -0.15) is 0 Å². The number of benzene rings is 1. The fraction of sp³-hybridized carbons (Fsp3) is 0.588. The van der Waals surface area contributed by atoms with Crippen LogP contribution < -0.4 is 0 Å². The molecule has 1 aromatic rings. The minimum absolute atomic E-state index is 0.198. The third kappa shape index (κ3) is 2.14. The molecule has 1 aliphatic carbocycles. The first-order chi connectivity index (χ1) is 9.76. The SMILES string of the molecule is O=C(c1ccccc1)N1CCC[C@]2(CC[C@H]3O[C@H]3C2)C1. The van der Waals surface area contributed by atoms with E-state index in [4.69, 9.17) is 4.74 Å². The molecule has 2 heterocycles. The molecule has 0 N–H and O–H groups in total. The topological polar surface area (TPSA) is 32.8 Å². The number of hydrogen-bond donors (Lipinski definition) is 0. The molecule has 3 nitrogen and oxygen atoms in total. The fourth-order valence-electron chi connectivity index (χ4n) is 4.11. The standard InChI is InChI=1S/C17H21NO2/c19-16(13-5-2-1-3-6-13)18-10-4-8-17(12-18)9-7-14-15(11-17)20-14/h1-3,5-6,14-15H,4,7-12H2/t14-,15+,17-/m1/s1. The molecule has 0 radical (unpaired) electrons. The van der Waals surface area contributed by atoms with E-state index in [1.54, 1.807) is 0 Å². The average molecular weight is 271 g/mol. The van der Waals surface area contributed by atoms with Crippen molar-refractivity contribution in [1.29, 1.82) is 0 Å². The van der Waals surface area contributed by atoms with Crippen molar-refractivity contribution in [2.75, 3.05) is 13.1 Å². The van der Waals surface area contributed by atoms with Crippen molar-refractivity contribution < 1.29 is 9.53 Å². The number of hydrogen-bond acceptors (Lipinski definition) is 2. The zero-order valence-electron chi connectivity index (χ0n) is 11.8. The highest BCUT2D eigenvalue weighted by Crippen LogP contribution is 2.50. The van der Waals surface area contributed by atoms with Gasteiger partial charge in [0.15, 0.2) is 0 Å². The van der Waals surface area contributed by atoms with Crippen molar-refractivity contribution in [2.45, 2.75) is 44.3 Å². The van der Waals surface area contributed by atoms with Gasteiger partial charge in [0.2, 0.25) is 0 Å². The summed E-state index contributed by atoms with van der Waals surface area (Å²) < 4.78 is 5.68. The molecule has 3 heteroatoms. The number of piperidine rings is 1. The molecular formula is C17H21NO2. The van der Waals surface area contributed by atoms with Gasteiger partial charge in [-0.25, -0.2) is 0 Å². The van der Waals surface area contributed by atoms with E-state index in [9.17, 15) is 4.79 Å². The highest BCUT2D eigenvalue weighted by atomic mass is 16.6. The first-order valence-corrected chi connectivity index (χ1v) is 7.76. The molecule has 3 aliphatic rings. The summed E-state index contributed by atoms with van der Waals surface area (Å²) in [5, 5.41) is 0. The van der Waals surface area contributed by atoms with Gasteiger partial charge in [0, 0.05) is 18.7 Å². The average Bonchev–Trinajstić information content (AvgIpc) is 3.25. The summed E-state index contributed by atoms with van der Waals surface area (Å²) in [5.74, 6) is 0.198. The highest BCUT2D eigenvalue weighted by molar-refractivity contribution is 5.94. The van der Waals surface area contributed by atoms with Crippen LogP contribution in [0.3, 0.4) is 0 Å². The Labute approximate surface area is 119 Å². The summed E-state index contributed by atoms with van der Waals surface area (Å²) >= 11 is 0. The molecule has 0 aromatic heterocycles. The second-order valence-corrected chi connectivity index (χ2v) is 6.65. The maximum Gasteiger partial charge on any atom is 0.253 e. The second kappa shape index (κ2) is 4.59. The van der Waals surface area contributed by atoms with Crippen LogP contribution in [0.15, 0.2) is 30.3 Å². The molecule has 1 spiro atoms. The van der Waals surface area contributed by atoms with Gasteiger partial charge >= 0.3 is 0 Å². The molecule has 1 amide bonds. The first-order valence-electron chi connectivity index (χ1n) is 7.76. The van der Waals surface area contributed by atoms with Crippen molar-refractivity contribution in [1.82, 2.24) is 4.90 Å². The minimum atomic E-state index is 0.198. The molecule has 0 bridgehead atoms. The van der Waals surface area contributed by atoms with Gasteiger partial charge in [-0.15, -0.1) is 0 Å². The molecule has 106 valence electrons. The Bertz CT molecular complexity index is 515. The van der Waals surface area contributed by atoms with E-state index in [1.807, 2.05) is 30.3 Å². The number of carbonyl (C=O) groups is 1. The first kappa shape index (κ1) is 12.4. The van der Waals surface area contributed by atoms with E-state index in [0.29, 0.717) is 17.6 Å². The van der Waals surface area contributed by atoms with Crippen LogP contribution in [0.2, 0.25) is 0 Å². The van der Waals surface area contributed by atoms with Crippen LogP contribution in [0.5, 0.6) is 0 Å². The van der Waals surface area contributed by atoms with E-state index in [-0.39, 0.29) is 5.91 Å². The highest BCUT2D eigenvalue weighted by Gasteiger charge is 2.51. The zero-order valence-corrected chi connectivity index (χ0v) is 11.8. The number of fused-ring (bicyclic) bond motifs is 1. The molecule has 1 saturated carbocycles. The molecule has 3 atom stereocenters. The smallest absolute Gasteiger partial charge is 0.253 e. The van der Waals surface area contributed by atoms with Crippen molar-refractivity contribution in [3.8, 4) is 0 Å². The van der Waals surface area contributed by atoms with Crippen LogP contribution in [-0.4, -0.2) is 36.1 Å². The number of nitrogens with zero attached hydrogens (tertiary/aromatic N) is 1. The molecule has 0 unspecified atom stereocenters. The summed E-state index contributed by atoms with van der Waals surface area (Å²) in [6.07, 6.45) is 7.02. The Morgan fingerprint density at radius 1 is 1.20 bits per heavy atom. The molecule has 2 aliphatic heterocycles. The Morgan fingerprint density at radius 2 is 2.05 bits per heavy atom. The number of amides is 1. The van der Waals surface area contributed by atoms with Gasteiger partial charge in [0.1, 0.15) is 0 Å². The monoisotopic (exact) mass is 271 g/mol. The van der Waals surface area contributed by atoms with Crippen LogP contribution in [0.1, 0.15) is 42.5 Å². The lowest BCUT2D eigenvalue weighted by Gasteiger charge is -2.44. The number of epoxide rings is 1. The van der Waals surface area contributed by atoms with Gasteiger partial charge in [-0.05, 0) is 49.7 Å². The van der Waals surface area contributed by atoms with E-state index < -0.39 is 0 Å². The van der Waals surface area contributed by atoms with Crippen LogP contribution in [0.4, 0.5) is 0 Å². The van der Waals surface area contributed by atoms with Crippen molar-refractivity contribution >= 4 is 5.91 Å². The van der Waals surface area contributed by atoms with Gasteiger partial charge < -0.3 is 9.64 Å². The summed E-state index contributed by atoms with van der Waals surface area (Å²) in [6.45, 7) is 1.83. The van der Waals surface area contributed by atoms with E-state index in [2.05, 4.69) is 4.90 Å². The van der Waals surface area contributed by atoms with Gasteiger partial charge in [-0.3, -0.25) is 4.79 Å². The number of ether oxygens (including phenoxy) is 1. The summed E-state index contributed by atoms with van der Waals surface area (Å²) in [6, 6.07) is 9.68. The van der Waals surface area contributed by atoms with E-state index in [1.165, 1.54) is 19.3 Å². The van der Waals surface area contributed by atoms with Crippen LogP contribution in [0, 0.1) is 5.41 Å². The van der Waals surface area contributed by atoms with Crippen molar-refractivity contribution in [3.05, 3.63) is 35.9 Å². The molecule has 4 rings (SSSR count). The molecule has 20 heavy (non-hydrogen) atoms. The second-order valence-electron chi connectivity index (χ2n) is 6.65. The number of likely N-dealkylation sites (tertiary alicyclic amines) is 1. The number of carbonyl (C=O) groups excluding carboxylic acids is 1. The van der Waals surface area contributed by atoms with Crippen molar-refractivity contribution in [3.63, 3.8) is 0 Å². The Kier molecular flexibility index (Phi) is 2.84. The van der Waals surface area contributed by atoms with Gasteiger partial charge in [-0.1, -0.05) is 18.2 Å². The Balaban J connectivity index is 1.50. The van der Waals surface area contributed by atoms with Crippen LogP contribution in [-0.2, 0) is 4.74 Å². The minimum Gasteiger partial charge on any atom is -0.370 e. The third-order valence-electron chi connectivity index (χ3n) is 5.25. The molecular weight excluding hydrogens is 250 g/mol.